The van der Waals surface area contributed by atoms with Crippen LogP contribution in [0.4, 0.5) is 0 Å². The van der Waals surface area contributed by atoms with Gasteiger partial charge in [-0.3, -0.25) is 9.20 Å². The first kappa shape index (κ1) is 13.1. The van der Waals surface area contributed by atoms with Crippen molar-refractivity contribution < 1.29 is 4.79 Å². The summed E-state index contributed by atoms with van der Waals surface area (Å²) in [5.41, 5.74) is 2.34. The van der Waals surface area contributed by atoms with Crippen LogP contribution in [-0.2, 0) is 0 Å². The molecule has 0 bridgehead atoms. The highest BCUT2D eigenvalue weighted by Crippen LogP contribution is 2.15. The fourth-order valence-electron chi connectivity index (χ4n) is 2.79. The Bertz CT molecular complexity index is 626. The largest absolute Gasteiger partial charge is 0.335 e. The zero-order valence-electron chi connectivity index (χ0n) is 12.0. The van der Waals surface area contributed by atoms with Crippen LogP contribution in [0.2, 0.25) is 0 Å². The Balaban J connectivity index is 1.88. The number of aromatic nitrogens is 2. The molecule has 1 saturated heterocycles. The highest BCUT2D eigenvalue weighted by atomic mass is 16.2. The second-order valence-electron chi connectivity index (χ2n) is 5.20. The Morgan fingerprint density at radius 3 is 2.70 bits per heavy atom. The summed E-state index contributed by atoms with van der Waals surface area (Å²) in [5.74, 6) is 0.0944. The molecule has 0 unspecified atom stereocenters. The maximum absolute atomic E-state index is 12.7. The van der Waals surface area contributed by atoms with Gasteiger partial charge in [0, 0.05) is 32.4 Å². The van der Waals surface area contributed by atoms with Crippen LogP contribution in [0.5, 0.6) is 0 Å². The number of hydrogen-bond acceptors (Lipinski definition) is 3. The van der Waals surface area contributed by atoms with Crippen molar-refractivity contribution in [3.63, 3.8) is 0 Å². The zero-order chi connectivity index (χ0) is 14.1. The molecule has 5 heteroatoms. The van der Waals surface area contributed by atoms with E-state index in [1.165, 1.54) is 0 Å². The SMILES string of the molecule is CCN1CCN(C(=O)c2c(C)nc3ccccn23)CC1. The second-order valence-corrected chi connectivity index (χ2v) is 5.20. The van der Waals surface area contributed by atoms with Gasteiger partial charge in [0.05, 0.1) is 5.69 Å². The molecule has 3 heterocycles. The number of piperazine rings is 1. The van der Waals surface area contributed by atoms with Gasteiger partial charge in [-0.05, 0) is 25.6 Å². The fraction of sp³-hybridized carbons (Fsp3) is 0.467. The van der Waals surface area contributed by atoms with Gasteiger partial charge < -0.3 is 9.80 Å². The number of nitrogens with zero attached hydrogens (tertiary/aromatic N) is 4. The van der Waals surface area contributed by atoms with E-state index in [1.807, 2.05) is 40.6 Å². The third-order valence-corrected chi connectivity index (χ3v) is 4.01. The van der Waals surface area contributed by atoms with E-state index in [1.54, 1.807) is 0 Å². The van der Waals surface area contributed by atoms with Crippen LogP contribution < -0.4 is 0 Å². The lowest BCUT2D eigenvalue weighted by molar-refractivity contribution is 0.0636. The molecule has 1 amide bonds. The minimum atomic E-state index is 0.0944. The highest BCUT2D eigenvalue weighted by molar-refractivity contribution is 5.94. The quantitative estimate of drug-likeness (QED) is 0.830. The van der Waals surface area contributed by atoms with Crippen molar-refractivity contribution in [2.24, 2.45) is 0 Å². The number of hydrogen-bond donors (Lipinski definition) is 0. The zero-order valence-corrected chi connectivity index (χ0v) is 12.0. The predicted octanol–water partition coefficient (Wildman–Crippen LogP) is 1.42. The van der Waals surface area contributed by atoms with Crippen LogP contribution in [0.25, 0.3) is 5.65 Å². The minimum absolute atomic E-state index is 0.0944. The topological polar surface area (TPSA) is 40.8 Å². The van der Waals surface area contributed by atoms with Gasteiger partial charge in [-0.25, -0.2) is 4.98 Å². The molecule has 3 rings (SSSR count). The molecule has 0 atom stereocenters. The third-order valence-electron chi connectivity index (χ3n) is 4.01. The van der Waals surface area contributed by atoms with E-state index in [9.17, 15) is 4.79 Å². The Labute approximate surface area is 118 Å². The molecule has 2 aromatic heterocycles. The molecule has 2 aromatic rings. The molecule has 1 fully saturated rings. The number of carbonyl (C=O) groups excluding carboxylic acids is 1. The first-order valence-electron chi connectivity index (χ1n) is 7.16. The number of fused-ring (bicyclic) bond motifs is 1. The van der Waals surface area contributed by atoms with Gasteiger partial charge in [0.2, 0.25) is 0 Å². The standard InChI is InChI=1S/C15H20N4O/c1-3-17-8-10-18(11-9-17)15(20)14-12(2)16-13-6-4-5-7-19(13)14/h4-7H,3,8-11H2,1-2H3. The molecular formula is C15H20N4O. The lowest BCUT2D eigenvalue weighted by atomic mass is 10.2. The molecule has 1 aliphatic rings. The van der Waals surface area contributed by atoms with E-state index >= 15 is 0 Å². The highest BCUT2D eigenvalue weighted by Gasteiger charge is 2.25. The second kappa shape index (κ2) is 5.25. The normalized spacial score (nSPS) is 16.8. The number of imidazole rings is 1. The van der Waals surface area contributed by atoms with E-state index in [0.29, 0.717) is 5.69 Å². The van der Waals surface area contributed by atoms with E-state index < -0.39 is 0 Å². The van der Waals surface area contributed by atoms with Crippen LogP contribution in [-0.4, -0.2) is 57.8 Å². The van der Waals surface area contributed by atoms with Crippen LogP contribution in [0, 0.1) is 6.92 Å². The van der Waals surface area contributed by atoms with Crippen LogP contribution >= 0.6 is 0 Å². The Hall–Kier alpha value is -1.88. The van der Waals surface area contributed by atoms with Gasteiger partial charge in [0.15, 0.2) is 0 Å². The first-order valence-corrected chi connectivity index (χ1v) is 7.16. The Morgan fingerprint density at radius 1 is 1.25 bits per heavy atom. The maximum Gasteiger partial charge on any atom is 0.272 e. The van der Waals surface area contributed by atoms with Gasteiger partial charge >= 0.3 is 0 Å². The average molecular weight is 272 g/mol. The molecule has 0 aliphatic carbocycles. The lowest BCUT2D eigenvalue weighted by Gasteiger charge is -2.34. The Kier molecular flexibility index (Phi) is 3.44. The summed E-state index contributed by atoms with van der Waals surface area (Å²) >= 11 is 0. The predicted molar refractivity (Wildman–Crippen MR) is 77.9 cm³/mol. The fourth-order valence-corrected chi connectivity index (χ4v) is 2.79. The van der Waals surface area contributed by atoms with Crippen molar-refractivity contribution in [1.82, 2.24) is 19.2 Å². The summed E-state index contributed by atoms with van der Waals surface area (Å²) in [6.07, 6.45) is 1.91. The van der Waals surface area contributed by atoms with Gasteiger partial charge in [-0.1, -0.05) is 13.0 Å². The number of rotatable bonds is 2. The third kappa shape index (κ3) is 2.18. The molecule has 106 valence electrons. The van der Waals surface area contributed by atoms with E-state index in [2.05, 4.69) is 16.8 Å². The van der Waals surface area contributed by atoms with Gasteiger partial charge in [0.25, 0.3) is 5.91 Å². The van der Waals surface area contributed by atoms with Gasteiger partial charge in [0.1, 0.15) is 11.3 Å². The molecule has 1 aliphatic heterocycles. The smallest absolute Gasteiger partial charge is 0.272 e. The lowest BCUT2D eigenvalue weighted by Crippen LogP contribution is -2.48. The first-order chi connectivity index (χ1) is 9.70. The van der Waals surface area contributed by atoms with Crippen molar-refractivity contribution in [1.29, 1.82) is 0 Å². The van der Waals surface area contributed by atoms with Crippen molar-refractivity contribution in [2.45, 2.75) is 13.8 Å². The van der Waals surface area contributed by atoms with E-state index in [0.717, 1.165) is 44.1 Å². The van der Waals surface area contributed by atoms with Crippen molar-refractivity contribution >= 4 is 11.6 Å². The number of amides is 1. The monoisotopic (exact) mass is 272 g/mol. The summed E-state index contributed by atoms with van der Waals surface area (Å²) in [7, 11) is 0. The minimum Gasteiger partial charge on any atom is -0.335 e. The molecule has 0 aromatic carbocycles. The summed E-state index contributed by atoms with van der Waals surface area (Å²) in [4.78, 5) is 21.5. The molecule has 0 saturated carbocycles. The molecule has 5 nitrogen and oxygen atoms in total. The van der Waals surface area contributed by atoms with Gasteiger partial charge in [-0.15, -0.1) is 0 Å². The summed E-state index contributed by atoms with van der Waals surface area (Å²) in [6.45, 7) is 8.62. The number of carbonyl (C=O) groups is 1. The van der Waals surface area contributed by atoms with Gasteiger partial charge in [-0.2, -0.15) is 0 Å². The Morgan fingerprint density at radius 2 is 2.00 bits per heavy atom. The van der Waals surface area contributed by atoms with Crippen molar-refractivity contribution in [3.8, 4) is 0 Å². The molecule has 0 N–H and O–H groups in total. The van der Waals surface area contributed by atoms with Crippen LogP contribution in [0.3, 0.4) is 0 Å². The summed E-state index contributed by atoms with van der Waals surface area (Å²) < 4.78 is 1.89. The van der Waals surface area contributed by atoms with Crippen molar-refractivity contribution in [3.05, 3.63) is 35.8 Å². The molecule has 0 radical (unpaired) electrons. The summed E-state index contributed by atoms with van der Waals surface area (Å²) in [5, 5.41) is 0. The molecular weight excluding hydrogens is 252 g/mol. The number of pyridine rings is 1. The van der Waals surface area contributed by atoms with E-state index in [4.69, 9.17) is 0 Å². The van der Waals surface area contributed by atoms with E-state index in [-0.39, 0.29) is 5.91 Å². The number of aryl methyl sites for hydroxylation is 1. The number of likely N-dealkylation sites (N-methyl/N-ethyl adjacent to an activating group) is 1. The van der Waals surface area contributed by atoms with Crippen molar-refractivity contribution in [2.75, 3.05) is 32.7 Å². The molecule has 20 heavy (non-hydrogen) atoms. The maximum atomic E-state index is 12.7. The summed E-state index contributed by atoms with van der Waals surface area (Å²) in [6, 6.07) is 5.80. The average Bonchev–Trinajstić information content (AvgIpc) is 2.82. The van der Waals surface area contributed by atoms with Crippen LogP contribution in [0.15, 0.2) is 24.4 Å². The van der Waals surface area contributed by atoms with Crippen LogP contribution in [0.1, 0.15) is 23.1 Å². The molecule has 0 spiro atoms.